The van der Waals surface area contributed by atoms with E-state index in [-0.39, 0.29) is 30.5 Å². The van der Waals surface area contributed by atoms with Crippen molar-refractivity contribution in [1.82, 2.24) is 9.55 Å². The molecule has 5 rings (SSSR count). The molecule has 1 amide bonds. The van der Waals surface area contributed by atoms with Crippen LogP contribution in [-0.2, 0) is 25.9 Å². The van der Waals surface area contributed by atoms with Gasteiger partial charge in [0.1, 0.15) is 11.6 Å². The number of nitrogen functional groups attached to an aromatic ring is 1. The zero-order chi connectivity index (χ0) is 24.5. The highest BCUT2D eigenvalue weighted by Gasteiger charge is 2.29. The normalized spacial score (nSPS) is 15.1. The fourth-order valence-corrected chi connectivity index (χ4v) is 5.67. The third-order valence-corrected chi connectivity index (χ3v) is 7.57. The number of nitrogens with one attached hydrogen (secondary N) is 1. The average Bonchev–Trinajstić information content (AvgIpc) is 3.51. The number of aromatic amines is 1. The van der Waals surface area contributed by atoms with Crippen molar-refractivity contribution >= 4 is 28.7 Å². The van der Waals surface area contributed by atoms with Crippen LogP contribution in [0, 0.1) is 5.92 Å². The Hall–Kier alpha value is -3.85. The Kier molecular flexibility index (Phi) is 6.17. The van der Waals surface area contributed by atoms with Crippen molar-refractivity contribution in [2.45, 2.75) is 39.3 Å². The Morgan fingerprint density at radius 3 is 2.77 bits per heavy atom. The molecule has 0 radical (unpaired) electrons. The van der Waals surface area contributed by atoms with Crippen LogP contribution in [0.25, 0.3) is 0 Å². The van der Waals surface area contributed by atoms with Gasteiger partial charge in [0.15, 0.2) is 5.69 Å². The summed E-state index contributed by atoms with van der Waals surface area (Å²) in [5, 5.41) is 0. The van der Waals surface area contributed by atoms with Gasteiger partial charge in [0.25, 0.3) is 11.5 Å². The van der Waals surface area contributed by atoms with Crippen LogP contribution in [0.4, 0.5) is 11.5 Å². The molecule has 1 aliphatic rings. The quantitative estimate of drug-likeness (QED) is 0.427. The number of carbonyl (C=O) groups excluding carboxylic acids is 1. The van der Waals surface area contributed by atoms with Crippen molar-refractivity contribution in [2.75, 3.05) is 10.6 Å². The van der Waals surface area contributed by atoms with E-state index in [1.54, 1.807) is 12.1 Å². The zero-order valence-electron chi connectivity index (χ0n) is 19.3. The highest BCUT2D eigenvalue weighted by molar-refractivity contribution is 7.14. The molecule has 8 nitrogen and oxygen atoms in total. The maximum Gasteiger partial charge on any atom is 0.330 e. The van der Waals surface area contributed by atoms with Crippen LogP contribution < -0.4 is 21.9 Å². The second-order valence-corrected chi connectivity index (χ2v) is 10.1. The first-order valence-electron chi connectivity index (χ1n) is 11.5. The lowest BCUT2D eigenvalue weighted by molar-refractivity contribution is 0.0986. The Balaban J connectivity index is 1.59. The van der Waals surface area contributed by atoms with E-state index >= 15 is 0 Å². The fourth-order valence-electron chi connectivity index (χ4n) is 4.52. The van der Waals surface area contributed by atoms with E-state index in [0.717, 1.165) is 24.8 Å². The SMILES string of the molecule is CC1CCc2sc(C(=O)N(Cc3ccco3)c3c(N)n(Cc4ccccc4)c(=O)[nH]c3=O)cc2C1. The van der Waals surface area contributed by atoms with Gasteiger partial charge in [-0.05, 0) is 54.5 Å². The number of hydrogen-bond donors (Lipinski definition) is 2. The number of amides is 1. The molecule has 1 unspecified atom stereocenters. The van der Waals surface area contributed by atoms with E-state index in [4.69, 9.17) is 10.2 Å². The molecule has 3 aromatic heterocycles. The van der Waals surface area contributed by atoms with Gasteiger partial charge in [0, 0.05) is 4.88 Å². The summed E-state index contributed by atoms with van der Waals surface area (Å²) in [6.45, 7) is 2.37. The van der Waals surface area contributed by atoms with Crippen LogP contribution in [-0.4, -0.2) is 15.5 Å². The van der Waals surface area contributed by atoms with E-state index in [2.05, 4.69) is 11.9 Å². The second-order valence-electron chi connectivity index (χ2n) is 8.94. The van der Waals surface area contributed by atoms with Gasteiger partial charge in [-0.25, -0.2) is 4.79 Å². The molecule has 0 fully saturated rings. The summed E-state index contributed by atoms with van der Waals surface area (Å²) < 4.78 is 6.76. The molecular weight excluding hydrogens is 464 g/mol. The maximum atomic E-state index is 13.8. The minimum Gasteiger partial charge on any atom is -0.467 e. The van der Waals surface area contributed by atoms with Gasteiger partial charge in [-0.15, -0.1) is 11.3 Å². The van der Waals surface area contributed by atoms with Crippen LogP contribution >= 0.6 is 11.3 Å². The van der Waals surface area contributed by atoms with Gasteiger partial charge in [-0.2, -0.15) is 0 Å². The number of carbonyl (C=O) groups is 1. The van der Waals surface area contributed by atoms with Gasteiger partial charge in [-0.1, -0.05) is 37.3 Å². The number of fused-ring (bicyclic) bond motifs is 1. The molecule has 180 valence electrons. The molecule has 1 aromatic carbocycles. The predicted octanol–water partition coefficient (Wildman–Crippen LogP) is 3.79. The summed E-state index contributed by atoms with van der Waals surface area (Å²) >= 11 is 1.46. The number of benzene rings is 1. The Labute approximate surface area is 205 Å². The molecule has 0 aliphatic heterocycles. The Morgan fingerprint density at radius 2 is 2.03 bits per heavy atom. The summed E-state index contributed by atoms with van der Waals surface area (Å²) in [6, 6.07) is 14.7. The van der Waals surface area contributed by atoms with Gasteiger partial charge in [0.2, 0.25) is 0 Å². The van der Waals surface area contributed by atoms with Crippen molar-refractivity contribution in [3.05, 3.63) is 102 Å². The molecule has 1 aliphatic carbocycles. The standard InChI is InChI=1S/C26H26N4O4S/c1-16-9-10-20-18(12-16)13-21(35-20)25(32)29(15-19-8-5-11-34-19)22-23(27)30(26(33)28-24(22)31)14-17-6-3-2-4-7-17/h2-8,11,13,16H,9-10,12,14-15,27H2,1H3,(H,28,31,33). The summed E-state index contributed by atoms with van der Waals surface area (Å²) in [5.74, 6) is 0.639. The number of thiophene rings is 1. The smallest absolute Gasteiger partial charge is 0.330 e. The summed E-state index contributed by atoms with van der Waals surface area (Å²) in [7, 11) is 0. The van der Waals surface area contributed by atoms with E-state index < -0.39 is 11.2 Å². The van der Waals surface area contributed by atoms with Crippen LogP contribution in [0.3, 0.4) is 0 Å². The number of aromatic nitrogens is 2. The zero-order valence-corrected chi connectivity index (χ0v) is 20.1. The lowest BCUT2D eigenvalue weighted by Crippen LogP contribution is -2.40. The molecule has 3 N–H and O–H groups in total. The average molecular weight is 491 g/mol. The number of furan rings is 1. The van der Waals surface area contributed by atoms with Crippen LogP contribution in [0.1, 0.15) is 44.8 Å². The summed E-state index contributed by atoms with van der Waals surface area (Å²) in [5.41, 5.74) is 7.02. The highest BCUT2D eigenvalue weighted by Crippen LogP contribution is 2.34. The van der Waals surface area contributed by atoms with Crippen LogP contribution in [0.15, 0.2) is 68.8 Å². The fraction of sp³-hybridized carbons (Fsp3) is 0.269. The highest BCUT2D eigenvalue weighted by atomic mass is 32.1. The molecule has 35 heavy (non-hydrogen) atoms. The molecule has 3 heterocycles. The van der Waals surface area contributed by atoms with Gasteiger partial charge >= 0.3 is 5.69 Å². The second kappa shape index (κ2) is 9.42. The number of aryl methyl sites for hydroxylation is 1. The first kappa shape index (κ1) is 22.9. The number of hydrogen-bond acceptors (Lipinski definition) is 6. The van der Waals surface area contributed by atoms with Crippen molar-refractivity contribution < 1.29 is 9.21 Å². The van der Waals surface area contributed by atoms with Gasteiger partial charge in [0.05, 0.1) is 24.2 Å². The number of nitrogens with two attached hydrogens (primary N) is 1. The molecule has 1 atom stereocenters. The van der Waals surface area contributed by atoms with Crippen molar-refractivity contribution in [3.63, 3.8) is 0 Å². The van der Waals surface area contributed by atoms with Crippen molar-refractivity contribution in [3.8, 4) is 0 Å². The summed E-state index contributed by atoms with van der Waals surface area (Å²) in [6.07, 6.45) is 4.47. The molecule has 0 spiro atoms. The minimum atomic E-state index is -0.716. The number of anilines is 2. The number of rotatable bonds is 6. The van der Waals surface area contributed by atoms with E-state index in [1.165, 1.54) is 37.5 Å². The predicted molar refractivity (Wildman–Crippen MR) is 136 cm³/mol. The lowest BCUT2D eigenvalue weighted by Gasteiger charge is -2.23. The minimum absolute atomic E-state index is 0.00161. The van der Waals surface area contributed by atoms with Crippen molar-refractivity contribution in [2.24, 2.45) is 5.92 Å². The maximum absolute atomic E-state index is 13.8. The van der Waals surface area contributed by atoms with Crippen LogP contribution in [0.2, 0.25) is 0 Å². The third-order valence-electron chi connectivity index (χ3n) is 6.35. The first-order chi connectivity index (χ1) is 16.9. The Bertz CT molecular complexity index is 1470. The van der Waals surface area contributed by atoms with Gasteiger partial charge in [-0.3, -0.25) is 24.0 Å². The molecule has 0 saturated carbocycles. The topological polar surface area (TPSA) is 114 Å². The monoisotopic (exact) mass is 490 g/mol. The van der Waals surface area contributed by atoms with Crippen molar-refractivity contribution in [1.29, 1.82) is 0 Å². The molecular formula is C26H26N4O4S. The van der Waals surface area contributed by atoms with E-state index in [9.17, 15) is 14.4 Å². The summed E-state index contributed by atoms with van der Waals surface area (Å²) in [4.78, 5) is 44.9. The third kappa shape index (κ3) is 4.59. The number of nitrogens with zero attached hydrogens (tertiary/aromatic N) is 2. The Morgan fingerprint density at radius 1 is 1.23 bits per heavy atom. The van der Waals surface area contributed by atoms with Gasteiger partial charge < -0.3 is 10.2 Å². The lowest BCUT2D eigenvalue weighted by atomic mass is 9.90. The first-order valence-corrected chi connectivity index (χ1v) is 12.3. The largest absolute Gasteiger partial charge is 0.467 e. The molecule has 0 saturated heterocycles. The molecule has 0 bridgehead atoms. The van der Waals surface area contributed by atoms with E-state index in [1.807, 2.05) is 36.4 Å². The molecule has 9 heteroatoms. The van der Waals surface area contributed by atoms with Crippen LogP contribution in [0.5, 0.6) is 0 Å². The molecule has 4 aromatic rings. The number of H-pyrrole nitrogens is 1. The van der Waals surface area contributed by atoms with E-state index in [0.29, 0.717) is 16.6 Å².